The van der Waals surface area contributed by atoms with Crippen molar-refractivity contribution in [2.75, 3.05) is 0 Å². The lowest BCUT2D eigenvalue weighted by molar-refractivity contribution is -0.384. The zero-order valence-electron chi connectivity index (χ0n) is 16.4. The second-order valence-electron chi connectivity index (χ2n) is 7.15. The second-order valence-corrected chi connectivity index (χ2v) is 7.97. The van der Waals surface area contributed by atoms with Crippen LogP contribution in [0.15, 0.2) is 42.0 Å². The topological polar surface area (TPSA) is 105 Å². The van der Waals surface area contributed by atoms with Crippen LogP contribution in [0.5, 0.6) is 5.75 Å². The minimum Gasteiger partial charge on any atom is -0.486 e. The van der Waals surface area contributed by atoms with Crippen LogP contribution in [0.25, 0.3) is 6.08 Å². The number of nitriles is 1. The van der Waals surface area contributed by atoms with Gasteiger partial charge in [0.25, 0.3) is 11.6 Å². The van der Waals surface area contributed by atoms with Crippen molar-refractivity contribution in [3.63, 3.8) is 0 Å². The molecule has 9 heteroatoms. The summed E-state index contributed by atoms with van der Waals surface area (Å²) in [5.74, 6) is -0.214. The third-order valence-corrected chi connectivity index (χ3v) is 5.45. The molecule has 7 nitrogen and oxygen atoms in total. The molecule has 1 amide bonds. The third-order valence-electron chi connectivity index (χ3n) is 4.89. The standard InChI is InChI=1S/C22H19Cl2N3O4/c23-19-10-15(8-16(12-25)22(28)26-17-5-1-2-6-17)11-20(24)21(19)31-13-14-4-3-7-18(9-14)27(29)30/h3-4,7-11,17H,1-2,5-6,13H2,(H,26,28)/b16-8-. The van der Waals surface area contributed by atoms with Gasteiger partial charge in [0.2, 0.25) is 0 Å². The molecular weight excluding hydrogens is 441 g/mol. The van der Waals surface area contributed by atoms with E-state index in [-0.39, 0.29) is 39.7 Å². The van der Waals surface area contributed by atoms with Gasteiger partial charge in [0, 0.05) is 18.2 Å². The van der Waals surface area contributed by atoms with Gasteiger partial charge in [0.15, 0.2) is 5.75 Å². The Bertz CT molecular complexity index is 1050. The average molecular weight is 460 g/mol. The minimum absolute atomic E-state index is 0.0313. The van der Waals surface area contributed by atoms with E-state index >= 15 is 0 Å². The number of nitrogens with zero attached hydrogens (tertiary/aromatic N) is 2. The number of carbonyl (C=O) groups excluding carboxylic acids is 1. The van der Waals surface area contributed by atoms with Gasteiger partial charge < -0.3 is 10.1 Å². The number of carbonyl (C=O) groups is 1. The number of rotatable bonds is 7. The van der Waals surface area contributed by atoms with Gasteiger partial charge in [-0.2, -0.15) is 5.26 Å². The first kappa shape index (κ1) is 22.6. The number of halogens is 2. The van der Waals surface area contributed by atoms with E-state index in [0.29, 0.717) is 11.1 Å². The molecule has 0 aliphatic heterocycles. The fraction of sp³-hybridized carbons (Fsp3) is 0.273. The zero-order chi connectivity index (χ0) is 22.4. The maximum Gasteiger partial charge on any atom is 0.269 e. The van der Waals surface area contributed by atoms with Gasteiger partial charge in [-0.3, -0.25) is 14.9 Å². The number of non-ortho nitro benzene ring substituents is 1. The monoisotopic (exact) mass is 459 g/mol. The van der Waals surface area contributed by atoms with E-state index in [2.05, 4.69) is 5.32 Å². The number of hydrogen-bond donors (Lipinski definition) is 1. The van der Waals surface area contributed by atoms with Crippen LogP contribution in [0, 0.1) is 21.4 Å². The van der Waals surface area contributed by atoms with Crippen LogP contribution in [0.2, 0.25) is 10.0 Å². The van der Waals surface area contributed by atoms with Gasteiger partial charge in [-0.15, -0.1) is 0 Å². The number of ether oxygens (including phenoxy) is 1. The molecule has 0 atom stereocenters. The van der Waals surface area contributed by atoms with Crippen molar-refractivity contribution in [1.82, 2.24) is 5.32 Å². The molecule has 160 valence electrons. The van der Waals surface area contributed by atoms with Gasteiger partial charge in [-0.25, -0.2) is 0 Å². The van der Waals surface area contributed by atoms with E-state index in [1.54, 1.807) is 12.1 Å². The summed E-state index contributed by atoms with van der Waals surface area (Å²) in [7, 11) is 0. The van der Waals surface area contributed by atoms with Crippen LogP contribution in [0.1, 0.15) is 36.8 Å². The number of nitrogens with one attached hydrogen (secondary N) is 1. The van der Waals surface area contributed by atoms with Crippen LogP contribution in [0.4, 0.5) is 5.69 Å². The van der Waals surface area contributed by atoms with Crippen LogP contribution in [-0.2, 0) is 11.4 Å². The van der Waals surface area contributed by atoms with E-state index in [4.69, 9.17) is 27.9 Å². The summed E-state index contributed by atoms with van der Waals surface area (Å²) in [6, 6.07) is 11.1. The highest BCUT2D eigenvalue weighted by Gasteiger charge is 2.19. The predicted molar refractivity (Wildman–Crippen MR) is 118 cm³/mol. The fourth-order valence-electron chi connectivity index (χ4n) is 3.36. The van der Waals surface area contributed by atoms with Crippen molar-refractivity contribution >= 4 is 40.9 Å². The lowest BCUT2D eigenvalue weighted by Crippen LogP contribution is -2.33. The Labute approximate surface area is 189 Å². The predicted octanol–water partition coefficient (Wildman–Crippen LogP) is 5.45. The van der Waals surface area contributed by atoms with Crippen LogP contribution in [0.3, 0.4) is 0 Å². The summed E-state index contributed by atoms with van der Waals surface area (Å²) in [6.07, 6.45) is 5.39. The summed E-state index contributed by atoms with van der Waals surface area (Å²) in [4.78, 5) is 22.8. The van der Waals surface area contributed by atoms with Crippen LogP contribution < -0.4 is 10.1 Å². The minimum atomic E-state index is -0.486. The van der Waals surface area contributed by atoms with Crippen molar-refractivity contribution in [3.8, 4) is 11.8 Å². The molecule has 0 radical (unpaired) electrons. The molecule has 31 heavy (non-hydrogen) atoms. The number of benzene rings is 2. The Kier molecular flexibility index (Phi) is 7.50. The van der Waals surface area contributed by atoms with Crippen molar-refractivity contribution in [2.45, 2.75) is 38.3 Å². The molecule has 0 spiro atoms. The first-order valence-electron chi connectivity index (χ1n) is 9.65. The number of nitro benzene ring substituents is 1. The Morgan fingerprint density at radius 2 is 1.94 bits per heavy atom. The van der Waals surface area contributed by atoms with Gasteiger partial charge in [0.1, 0.15) is 18.2 Å². The van der Waals surface area contributed by atoms with E-state index in [9.17, 15) is 20.2 Å². The summed E-state index contributed by atoms with van der Waals surface area (Å²) in [5.41, 5.74) is 0.986. The highest BCUT2D eigenvalue weighted by molar-refractivity contribution is 6.37. The van der Waals surface area contributed by atoms with Gasteiger partial charge >= 0.3 is 0 Å². The molecule has 1 N–H and O–H groups in total. The third kappa shape index (κ3) is 5.97. The molecule has 1 aliphatic carbocycles. The van der Waals surface area contributed by atoms with Crippen molar-refractivity contribution in [2.24, 2.45) is 0 Å². The molecule has 0 aromatic heterocycles. The van der Waals surface area contributed by atoms with E-state index < -0.39 is 10.8 Å². The van der Waals surface area contributed by atoms with Crippen LogP contribution >= 0.6 is 23.2 Å². The normalized spacial score (nSPS) is 14.2. The van der Waals surface area contributed by atoms with Crippen LogP contribution in [-0.4, -0.2) is 16.9 Å². The maximum absolute atomic E-state index is 12.4. The Hall–Kier alpha value is -3.08. The van der Waals surface area contributed by atoms with Gasteiger partial charge in [-0.05, 0) is 42.2 Å². The number of amides is 1. The molecular formula is C22H19Cl2N3O4. The first-order chi connectivity index (χ1) is 14.9. The van der Waals surface area contributed by atoms with E-state index in [1.807, 2.05) is 6.07 Å². The quantitative estimate of drug-likeness (QED) is 0.256. The second kappa shape index (κ2) is 10.3. The van der Waals surface area contributed by atoms with Crippen molar-refractivity contribution in [3.05, 3.63) is 73.3 Å². The van der Waals surface area contributed by atoms with Crippen molar-refractivity contribution in [1.29, 1.82) is 5.26 Å². The molecule has 2 aromatic carbocycles. The Morgan fingerprint density at radius 1 is 1.26 bits per heavy atom. The molecule has 1 aliphatic rings. The van der Waals surface area contributed by atoms with Crippen molar-refractivity contribution < 1.29 is 14.5 Å². The molecule has 1 fully saturated rings. The van der Waals surface area contributed by atoms with E-state index in [1.165, 1.54) is 30.3 Å². The van der Waals surface area contributed by atoms with E-state index in [0.717, 1.165) is 25.7 Å². The molecule has 3 rings (SSSR count). The molecule has 0 unspecified atom stereocenters. The maximum atomic E-state index is 12.4. The fourth-order valence-corrected chi connectivity index (χ4v) is 3.98. The number of hydrogen-bond acceptors (Lipinski definition) is 5. The summed E-state index contributed by atoms with van der Waals surface area (Å²) >= 11 is 12.6. The van der Waals surface area contributed by atoms with Gasteiger partial charge in [0.05, 0.1) is 15.0 Å². The summed E-state index contributed by atoms with van der Waals surface area (Å²) < 4.78 is 5.66. The Balaban J connectivity index is 1.74. The smallest absolute Gasteiger partial charge is 0.269 e. The SMILES string of the molecule is N#C/C(=C/c1cc(Cl)c(OCc2cccc([N+](=O)[O-])c2)c(Cl)c1)C(=O)NC1CCCC1. The lowest BCUT2D eigenvalue weighted by atomic mass is 10.1. The zero-order valence-corrected chi connectivity index (χ0v) is 17.9. The molecule has 0 heterocycles. The molecule has 0 saturated heterocycles. The number of nitro groups is 1. The summed E-state index contributed by atoms with van der Waals surface area (Å²) in [5, 5.41) is 23.5. The first-order valence-corrected chi connectivity index (χ1v) is 10.4. The average Bonchev–Trinajstić information content (AvgIpc) is 3.24. The van der Waals surface area contributed by atoms with Gasteiger partial charge in [-0.1, -0.05) is 48.2 Å². The highest BCUT2D eigenvalue weighted by atomic mass is 35.5. The largest absolute Gasteiger partial charge is 0.486 e. The molecule has 1 saturated carbocycles. The lowest BCUT2D eigenvalue weighted by Gasteiger charge is -2.12. The highest BCUT2D eigenvalue weighted by Crippen LogP contribution is 2.35. The summed E-state index contributed by atoms with van der Waals surface area (Å²) in [6.45, 7) is 0.0313. The Morgan fingerprint density at radius 3 is 2.55 bits per heavy atom. The molecule has 2 aromatic rings. The molecule has 0 bridgehead atoms.